The van der Waals surface area contributed by atoms with Crippen LogP contribution in [-0.4, -0.2) is 41.3 Å². The van der Waals surface area contributed by atoms with Crippen molar-refractivity contribution >= 4 is 39.2 Å². The lowest BCUT2D eigenvalue weighted by Gasteiger charge is -2.21. The molecule has 0 aliphatic carbocycles. The van der Waals surface area contributed by atoms with Gasteiger partial charge in [0.1, 0.15) is 0 Å². The van der Waals surface area contributed by atoms with E-state index in [1.165, 1.54) is 15.6 Å². The Labute approximate surface area is 138 Å². The number of urea groups is 1. The number of rotatable bonds is 5. The quantitative estimate of drug-likeness (QED) is 0.786. The zero-order valence-electron chi connectivity index (χ0n) is 12.3. The average molecular weight is 336 g/mol. The van der Waals surface area contributed by atoms with E-state index in [4.69, 9.17) is 0 Å². The maximum absolute atomic E-state index is 11.8. The summed E-state index contributed by atoms with van der Waals surface area (Å²) in [5, 5.41) is 19.2. The number of fused-ring (bicyclic) bond motifs is 1. The van der Waals surface area contributed by atoms with Gasteiger partial charge in [-0.15, -0.1) is 11.3 Å². The Morgan fingerprint density at radius 2 is 2.18 bits per heavy atom. The summed E-state index contributed by atoms with van der Waals surface area (Å²) < 4.78 is 1.28. The topological polar surface area (TPSA) is 61.4 Å². The third kappa shape index (κ3) is 3.74. The van der Waals surface area contributed by atoms with Gasteiger partial charge in [-0.3, -0.25) is 0 Å². The van der Waals surface area contributed by atoms with Gasteiger partial charge in [-0.05, 0) is 41.0 Å². The maximum atomic E-state index is 11.8. The molecule has 1 aliphatic rings. The number of aliphatic hydroxyl groups is 1. The summed E-state index contributed by atoms with van der Waals surface area (Å²) in [5.74, 6) is 1.67. The molecule has 4 nitrogen and oxygen atoms in total. The highest BCUT2D eigenvalue weighted by molar-refractivity contribution is 7.99. The molecule has 0 saturated carbocycles. The van der Waals surface area contributed by atoms with Crippen LogP contribution in [0.1, 0.15) is 12.0 Å². The smallest absolute Gasteiger partial charge is 0.314 e. The van der Waals surface area contributed by atoms with Gasteiger partial charge in [-0.1, -0.05) is 18.2 Å². The van der Waals surface area contributed by atoms with E-state index in [0.29, 0.717) is 18.8 Å². The van der Waals surface area contributed by atoms with Crippen LogP contribution in [0, 0.1) is 0 Å². The Bertz CT molecular complexity index is 650. The summed E-state index contributed by atoms with van der Waals surface area (Å²) in [6, 6.07) is 8.11. The number of carbonyl (C=O) groups is 1. The van der Waals surface area contributed by atoms with Crippen LogP contribution in [0.5, 0.6) is 0 Å². The molecule has 22 heavy (non-hydrogen) atoms. The van der Waals surface area contributed by atoms with Crippen molar-refractivity contribution in [1.82, 2.24) is 10.6 Å². The molecule has 1 aliphatic heterocycles. The molecule has 1 aromatic heterocycles. The molecule has 1 saturated heterocycles. The van der Waals surface area contributed by atoms with Gasteiger partial charge < -0.3 is 15.7 Å². The van der Waals surface area contributed by atoms with Crippen molar-refractivity contribution in [1.29, 1.82) is 0 Å². The van der Waals surface area contributed by atoms with E-state index in [-0.39, 0.29) is 6.03 Å². The summed E-state index contributed by atoms with van der Waals surface area (Å²) in [4.78, 5) is 11.8. The molecular formula is C16H20N2O2S2. The second kappa shape index (κ2) is 6.89. The number of hydrogen-bond acceptors (Lipinski definition) is 4. The number of hydrogen-bond donors (Lipinski definition) is 3. The Hall–Kier alpha value is -1.24. The minimum absolute atomic E-state index is 0.204. The van der Waals surface area contributed by atoms with E-state index < -0.39 is 5.60 Å². The number of amides is 2. The van der Waals surface area contributed by atoms with Crippen molar-refractivity contribution in [2.45, 2.75) is 18.4 Å². The van der Waals surface area contributed by atoms with E-state index >= 15 is 0 Å². The highest BCUT2D eigenvalue weighted by Gasteiger charge is 2.31. The Morgan fingerprint density at radius 3 is 3.00 bits per heavy atom. The highest BCUT2D eigenvalue weighted by Crippen LogP contribution is 2.27. The lowest BCUT2D eigenvalue weighted by Crippen LogP contribution is -2.46. The monoisotopic (exact) mass is 336 g/mol. The van der Waals surface area contributed by atoms with Crippen molar-refractivity contribution in [3.05, 3.63) is 35.2 Å². The second-order valence-electron chi connectivity index (χ2n) is 5.64. The predicted octanol–water partition coefficient (Wildman–Crippen LogP) is 2.61. The number of thioether (sulfide) groups is 1. The van der Waals surface area contributed by atoms with Crippen LogP contribution in [0.2, 0.25) is 0 Å². The Balaban J connectivity index is 1.43. The first kappa shape index (κ1) is 15.6. The first-order valence-electron chi connectivity index (χ1n) is 7.43. The van der Waals surface area contributed by atoms with Crippen LogP contribution in [0.4, 0.5) is 4.79 Å². The molecule has 1 fully saturated rings. The molecule has 1 aromatic carbocycles. The van der Waals surface area contributed by atoms with Gasteiger partial charge >= 0.3 is 6.03 Å². The molecule has 2 amide bonds. The summed E-state index contributed by atoms with van der Waals surface area (Å²) in [7, 11) is 0. The zero-order chi connectivity index (χ0) is 15.4. The lowest BCUT2D eigenvalue weighted by molar-refractivity contribution is 0.0700. The molecule has 2 heterocycles. The van der Waals surface area contributed by atoms with Crippen LogP contribution in [0.25, 0.3) is 10.1 Å². The van der Waals surface area contributed by atoms with E-state index in [2.05, 4.69) is 28.1 Å². The summed E-state index contributed by atoms with van der Waals surface area (Å²) >= 11 is 3.46. The van der Waals surface area contributed by atoms with Gasteiger partial charge in [-0.2, -0.15) is 11.8 Å². The summed E-state index contributed by atoms with van der Waals surface area (Å²) in [6.07, 6.45) is 1.57. The van der Waals surface area contributed by atoms with E-state index in [1.54, 1.807) is 23.1 Å². The first-order valence-corrected chi connectivity index (χ1v) is 9.47. The van der Waals surface area contributed by atoms with Gasteiger partial charge in [0.05, 0.1) is 5.60 Å². The molecule has 0 radical (unpaired) electrons. The van der Waals surface area contributed by atoms with Gasteiger partial charge in [0.15, 0.2) is 0 Å². The summed E-state index contributed by atoms with van der Waals surface area (Å²) in [6.45, 7) is 0.924. The molecule has 1 atom stereocenters. The van der Waals surface area contributed by atoms with Crippen LogP contribution < -0.4 is 10.6 Å². The van der Waals surface area contributed by atoms with Gasteiger partial charge in [-0.25, -0.2) is 4.79 Å². The predicted molar refractivity (Wildman–Crippen MR) is 93.8 cm³/mol. The van der Waals surface area contributed by atoms with Crippen molar-refractivity contribution in [2.75, 3.05) is 24.6 Å². The van der Waals surface area contributed by atoms with Crippen molar-refractivity contribution < 1.29 is 9.90 Å². The molecule has 3 rings (SSSR count). The minimum atomic E-state index is -0.731. The number of nitrogens with one attached hydrogen (secondary N) is 2. The van der Waals surface area contributed by atoms with Crippen LogP contribution in [-0.2, 0) is 6.42 Å². The molecule has 2 aromatic rings. The third-order valence-electron chi connectivity index (χ3n) is 3.90. The minimum Gasteiger partial charge on any atom is -0.387 e. The van der Waals surface area contributed by atoms with Gasteiger partial charge in [0.2, 0.25) is 0 Å². The molecule has 1 unspecified atom stereocenters. The van der Waals surface area contributed by atoms with Crippen LogP contribution >= 0.6 is 23.1 Å². The SMILES string of the molecule is O=C(NCCc1csc2ccccc12)NCC1(O)CCSC1. The first-order chi connectivity index (χ1) is 10.7. The fourth-order valence-corrected chi connectivity index (χ4v) is 4.87. The zero-order valence-corrected chi connectivity index (χ0v) is 13.9. The largest absolute Gasteiger partial charge is 0.387 e. The normalized spacial score (nSPS) is 21.1. The molecule has 0 bridgehead atoms. The molecule has 3 N–H and O–H groups in total. The number of benzene rings is 1. The molecule has 6 heteroatoms. The van der Waals surface area contributed by atoms with Crippen molar-refractivity contribution in [2.24, 2.45) is 0 Å². The third-order valence-corrected chi connectivity index (χ3v) is 6.15. The fraction of sp³-hybridized carbons (Fsp3) is 0.438. The number of carbonyl (C=O) groups excluding carboxylic acids is 1. The number of thiophene rings is 1. The van der Waals surface area contributed by atoms with Crippen LogP contribution in [0.15, 0.2) is 29.6 Å². The highest BCUT2D eigenvalue weighted by atomic mass is 32.2. The summed E-state index contributed by atoms with van der Waals surface area (Å²) in [5.41, 5.74) is 0.540. The lowest BCUT2D eigenvalue weighted by atomic mass is 10.0. The van der Waals surface area contributed by atoms with Crippen molar-refractivity contribution in [3.63, 3.8) is 0 Å². The van der Waals surface area contributed by atoms with E-state index in [9.17, 15) is 9.90 Å². The fourth-order valence-electron chi connectivity index (χ4n) is 2.58. The average Bonchev–Trinajstić information content (AvgIpc) is 3.13. The Kier molecular flexibility index (Phi) is 4.90. The molecule has 0 spiro atoms. The second-order valence-corrected chi connectivity index (χ2v) is 7.66. The van der Waals surface area contributed by atoms with Crippen LogP contribution in [0.3, 0.4) is 0 Å². The Morgan fingerprint density at radius 1 is 1.32 bits per heavy atom. The molecule has 118 valence electrons. The van der Waals surface area contributed by atoms with E-state index in [0.717, 1.165) is 18.6 Å². The van der Waals surface area contributed by atoms with E-state index in [1.807, 2.05) is 12.1 Å². The van der Waals surface area contributed by atoms with Crippen molar-refractivity contribution in [3.8, 4) is 0 Å². The standard InChI is InChI=1S/C16H20N2O2S2/c19-15(18-10-16(20)6-8-21-11-16)17-7-5-12-9-22-14-4-2-1-3-13(12)14/h1-4,9,20H,5-8,10-11H2,(H2,17,18,19). The van der Waals surface area contributed by atoms with Gasteiger partial charge in [0.25, 0.3) is 0 Å². The van der Waals surface area contributed by atoms with Gasteiger partial charge in [0, 0.05) is 23.5 Å². The molecular weight excluding hydrogens is 316 g/mol. The maximum Gasteiger partial charge on any atom is 0.314 e.